The second-order valence-corrected chi connectivity index (χ2v) is 4.40. The molecule has 1 rings (SSSR count). The molecule has 0 fully saturated rings. The summed E-state index contributed by atoms with van der Waals surface area (Å²) in [5, 5.41) is 13.1. The quantitative estimate of drug-likeness (QED) is 0.759. The molecule has 0 saturated heterocycles. The maximum atomic E-state index is 11.5. The molecule has 92 valence electrons. The van der Waals surface area contributed by atoms with Crippen LogP contribution in [0.4, 0.5) is 4.79 Å². The summed E-state index contributed by atoms with van der Waals surface area (Å²) in [6.45, 7) is 5.62. The number of carbonyl (C=O) groups is 1. The molecule has 7 nitrogen and oxygen atoms in total. The molecule has 0 spiro atoms. The Morgan fingerprint density at radius 1 is 1.65 bits per heavy atom. The van der Waals surface area contributed by atoms with Gasteiger partial charge in [-0.15, -0.1) is 11.5 Å². The van der Waals surface area contributed by atoms with Crippen molar-refractivity contribution in [1.82, 2.24) is 25.5 Å². The van der Waals surface area contributed by atoms with E-state index in [4.69, 9.17) is 11.2 Å². The molecule has 0 aliphatic rings. The van der Waals surface area contributed by atoms with Crippen LogP contribution < -0.4 is 5.32 Å². The van der Waals surface area contributed by atoms with Crippen LogP contribution in [0.1, 0.15) is 20.8 Å². The number of rotatable bonds is 3. The molecule has 1 N–H and O–H groups in total. The predicted molar refractivity (Wildman–Crippen MR) is 59.8 cm³/mol. The molecular weight excluding hydrogens is 222 g/mol. The van der Waals surface area contributed by atoms with Gasteiger partial charge in [-0.25, -0.2) is 9.48 Å². The van der Waals surface area contributed by atoms with Crippen molar-refractivity contribution >= 4 is 6.09 Å². The Kier molecular flexibility index (Phi) is 4.04. The second kappa shape index (κ2) is 5.30. The van der Waals surface area contributed by atoms with E-state index in [1.54, 1.807) is 20.8 Å². The molecule has 1 amide bonds. The Morgan fingerprint density at radius 2 is 2.35 bits per heavy atom. The molecule has 0 bridgehead atoms. The van der Waals surface area contributed by atoms with Gasteiger partial charge in [0, 0.05) is 0 Å². The highest BCUT2D eigenvalue weighted by Gasteiger charge is 2.18. The van der Waals surface area contributed by atoms with E-state index in [0.29, 0.717) is 6.54 Å². The Morgan fingerprint density at radius 3 is 2.82 bits per heavy atom. The zero-order chi connectivity index (χ0) is 12.9. The maximum absolute atomic E-state index is 11.5. The molecule has 0 saturated carbocycles. The minimum atomic E-state index is -0.562. The standard InChI is InChI=1S/C10H15N5O2/c1-5-8(6-15-7-11-13-14-15)12-9(16)17-10(2,3)4/h1,7-8H,6H2,2-4H3,(H,12,16). The van der Waals surface area contributed by atoms with Gasteiger partial charge in [0.25, 0.3) is 0 Å². The van der Waals surface area contributed by atoms with Gasteiger partial charge in [-0.1, -0.05) is 5.92 Å². The summed E-state index contributed by atoms with van der Waals surface area (Å²) in [7, 11) is 0. The summed E-state index contributed by atoms with van der Waals surface area (Å²) in [6, 6.07) is -0.520. The zero-order valence-corrected chi connectivity index (χ0v) is 10.0. The van der Waals surface area contributed by atoms with Crippen molar-refractivity contribution in [2.75, 3.05) is 0 Å². The van der Waals surface area contributed by atoms with Crippen molar-refractivity contribution in [2.45, 2.75) is 39.0 Å². The minimum absolute atomic E-state index is 0.294. The number of nitrogens with one attached hydrogen (secondary N) is 1. The Labute approximate surface area is 99.5 Å². The van der Waals surface area contributed by atoms with Crippen LogP contribution in [0.5, 0.6) is 0 Å². The highest BCUT2D eigenvalue weighted by Crippen LogP contribution is 2.06. The van der Waals surface area contributed by atoms with Gasteiger partial charge in [0.15, 0.2) is 0 Å². The third-order valence-electron chi connectivity index (χ3n) is 1.65. The van der Waals surface area contributed by atoms with E-state index >= 15 is 0 Å². The number of hydrogen-bond donors (Lipinski definition) is 1. The minimum Gasteiger partial charge on any atom is -0.444 e. The highest BCUT2D eigenvalue weighted by molar-refractivity contribution is 5.68. The zero-order valence-electron chi connectivity index (χ0n) is 10.0. The number of terminal acetylenes is 1. The van der Waals surface area contributed by atoms with E-state index in [1.807, 2.05) is 0 Å². The van der Waals surface area contributed by atoms with Gasteiger partial charge in [0.05, 0.1) is 6.54 Å². The second-order valence-electron chi connectivity index (χ2n) is 4.40. The molecular formula is C10H15N5O2. The first-order chi connectivity index (χ1) is 7.90. The van der Waals surface area contributed by atoms with Gasteiger partial charge in [-0.05, 0) is 31.2 Å². The third-order valence-corrected chi connectivity index (χ3v) is 1.65. The molecule has 7 heteroatoms. The van der Waals surface area contributed by atoms with Crippen molar-refractivity contribution in [1.29, 1.82) is 0 Å². The molecule has 0 radical (unpaired) electrons. The number of nitrogens with zero attached hydrogens (tertiary/aromatic N) is 4. The Balaban J connectivity index is 2.48. The van der Waals surface area contributed by atoms with Crippen LogP contribution in [-0.2, 0) is 11.3 Å². The monoisotopic (exact) mass is 237 g/mol. The SMILES string of the molecule is C#CC(Cn1cnnn1)NC(=O)OC(C)(C)C. The van der Waals surface area contributed by atoms with Crippen molar-refractivity contribution in [2.24, 2.45) is 0 Å². The van der Waals surface area contributed by atoms with Gasteiger partial charge in [-0.3, -0.25) is 0 Å². The number of amides is 1. The van der Waals surface area contributed by atoms with E-state index in [0.717, 1.165) is 0 Å². The highest BCUT2D eigenvalue weighted by atomic mass is 16.6. The van der Waals surface area contributed by atoms with Gasteiger partial charge in [0.2, 0.25) is 0 Å². The average Bonchev–Trinajstić information content (AvgIpc) is 2.66. The van der Waals surface area contributed by atoms with Crippen molar-refractivity contribution in [3.05, 3.63) is 6.33 Å². The van der Waals surface area contributed by atoms with Crippen molar-refractivity contribution in [3.63, 3.8) is 0 Å². The van der Waals surface area contributed by atoms with Crippen LogP contribution >= 0.6 is 0 Å². The van der Waals surface area contributed by atoms with E-state index in [9.17, 15) is 4.79 Å². The van der Waals surface area contributed by atoms with E-state index < -0.39 is 17.7 Å². The number of carbonyl (C=O) groups excluding carboxylic acids is 1. The van der Waals surface area contributed by atoms with E-state index in [-0.39, 0.29) is 0 Å². The Hall–Kier alpha value is -2.10. The van der Waals surface area contributed by atoms with Crippen LogP contribution in [0, 0.1) is 12.3 Å². The van der Waals surface area contributed by atoms with Crippen LogP contribution in [0.15, 0.2) is 6.33 Å². The van der Waals surface area contributed by atoms with Crippen LogP contribution in [0.25, 0.3) is 0 Å². The smallest absolute Gasteiger partial charge is 0.408 e. The number of ether oxygens (including phenoxy) is 1. The first-order valence-corrected chi connectivity index (χ1v) is 5.07. The topological polar surface area (TPSA) is 81.9 Å². The van der Waals surface area contributed by atoms with Gasteiger partial charge >= 0.3 is 6.09 Å². The van der Waals surface area contributed by atoms with Crippen molar-refractivity contribution in [3.8, 4) is 12.3 Å². The molecule has 1 aromatic heterocycles. The summed E-state index contributed by atoms with van der Waals surface area (Å²) in [6.07, 6.45) is 6.16. The molecule has 1 unspecified atom stereocenters. The first-order valence-electron chi connectivity index (χ1n) is 5.07. The van der Waals surface area contributed by atoms with Crippen LogP contribution in [-0.4, -0.2) is 37.9 Å². The average molecular weight is 237 g/mol. The van der Waals surface area contributed by atoms with Crippen LogP contribution in [0.2, 0.25) is 0 Å². The van der Waals surface area contributed by atoms with Gasteiger partial charge in [-0.2, -0.15) is 0 Å². The normalized spacial score (nSPS) is 12.6. The third kappa shape index (κ3) is 4.97. The lowest BCUT2D eigenvalue weighted by atomic mass is 10.2. The molecule has 17 heavy (non-hydrogen) atoms. The first kappa shape index (κ1) is 13.0. The lowest BCUT2D eigenvalue weighted by Crippen LogP contribution is -2.40. The lowest BCUT2D eigenvalue weighted by Gasteiger charge is -2.21. The van der Waals surface area contributed by atoms with Gasteiger partial charge in [0.1, 0.15) is 18.0 Å². The summed E-state index contributed by atoms with van der Waals surface area (Å²) in [5.41, 5.74) is -0.557. The summed E-state index contributed by atoms with van der Waals surface area (Å²) in [4.78, 5) is 11.5. The fourth-order valence-electron chi connectivity index (χ4n) is 1.04. The predicted octanol–water partition coefficient (Wildman–Crippen LogP) is 0.200. The largest absolute Gasteiger partial charge is 0.444 e. The fraction of sp³-hybridized carbons (Fsp3) is 0.600. The molecule has 0 aliphatic carbocycles. The number of hydrogen-bond acceptors (Lipinski definition) is 5. The maximum Gasteiger partial charge on any atom is 0.408 e. The molecule has 0 aliphatic heterocycles. The van der Waals surface area contributed by atoms with E-state index in [1.165, 1.54) is 11.0 Å². The van der Waals surface area contributed by atoms with Gasteiger partial charge < -0.3 is 10.1 Å². The molecule has 1 heterocycles. The van der Waals surface area contributed by atoms with Crippen LogP contribution in [0.3, 0.4) is 0 Å². The fourth-order valence-corrected chi connectivity index (χ4v) is 1.04. The Bertz CT molecular complexity index is 401. The molecule has 1 aromatic rings. The number of alkyl carbamates (subject to hydrolysis) is 1. The lowest BCUT2D eigenvalue weighted by molar-refractivity contribution is 0.0512. The number of aromatic nitrogens is 4. The summed E-state index contributed by atoms with van der Waals surface area (Å²) >= 11 is 0. The summed E-state index contributed by atoms with van der Waals surface area (Å²) < 4.78 is 6.52. The van der Waals surface area contributed by atoms with E-state index in [2.05, 4.69) is 26.8 Å². The van der Waals surface area contributed by atoms with Crippen molar-refractivity contribution < 1.29 is 9.53 Å². The summed E-state index contributed by atoms with van der Waals surface area (Å²) in [5.74, 6) is 2.43. The molecule has 1 atom stereocenters. The molecule has 0 aromatic carbocycles. The number of tetrazole rings is 1.